The number of aromatic nitrogens is 6. The van der Waals surface area contributed by atoms with Crippen LogP contribution in [-0.2, 0) is 13.1 Å². The fourth-order valence-electron chi connectivity index (χ4n) is 5.36. The van der Waals surface area contributed by atoms with Crippen LogP contribution >= 0.6 is 11.6 Å². The zero-order valence-corrected chi connectivity index (χ0v) is 29.8. The number of ketones is 2. The summed E-state index contributed by atoms with van der Waals surface area (Å²) >= 11 is 6.19. The topological polar surface area (TPSA) is 194 Å². The van der Waals surface area contributed by atoms with E-state index in [4.69, 9.17) is 11.6 Å². The number of nitrogens with zero attached hydrogens (tertiary/aromatic N) is 6. The minimum Gasteiger partial charge on any atom is -0.394 e. The maximum absolute atomic E-state index is 14.1. The number of pyridine rings is 2. The highest BCUT2D eigenvalue weighted by atomic mass is 35.5. The predicted molar refractivity (Wildman–Crippen MR) is 202 cm³/mol. The van der Waals surface area contributed by atoms with Crippen LogP contribution in [0.2, 0.25) is 5.02 Å². The molecule has 4 aromatic heterocycles. The molecule has 16 heteroatoms. The number of hydrogen-bond acceptors (Lipinski definition) is 12. The van der Waals surface area contributed by atoms with Crippen LogP contribution in [0.3, 0.4) is 0 Å². The number of anilines is 4. The summed E-state index contributed by atoms with van der Waals surface area (Å²) in [7, 11) is 0. The van der Waals surface area contributed by atoms with Crippen LogP contribution < -0.4 is 21.8 Å². The Kier molecular flexibility index (Phi) is 12.8. The van der Waals surface area contributed by atoms with E-state index in [1.165, 1.54) is 38.2 Å². The fourth-order valence-corrected chi connectivity index (χ4v) is 5.54. The molecule has 0 aliphatic heterocycles. The van der Waals surface area contributed by atoms with E-state index in [1.807, 2.05) is 0 Å². The molecular weight excluding hydrogens is 719 g/mol. The van der Waals surface area contributed by atoms with Crippen LogP contribution in [0.15, 0.2) is 107 Å². The van der Waals surface area contributed by atoms with Gasteiger partial charge in [-0.1, -0.05) is 35.9 Å². The van der Waals surface area contributed by atoms with Gasteiger partial charge in [0.25, 0.3) is 11.1 Å². The number of rotatable bonds is 12. The summed E-state index contributed by atoms with van der Waals surface area (Å²) in [6.07, 6.45) is 6.24. The van der Waals surface area contributed by atoms with E-state index in [0.29, 0.717) is 27.5 Å². The third-order valence-electron chi connectivity index (χ3n) is 7.78. The first-order valence-corrected chi connectivity index (χ1v) is 16.8. The smallest absolute Gasteiger partial charge is 0.291 e. The standard InChI is InChI=1S/C19H17ClN4O3.C19H17FN4O3/c2*1-12(26)16-17(13-5-4-8-21-11-13)23-24(9-10-25)19(27)18(16)22-15-7-3-2-6-14(15)20/h2*2-8,11,22,25H,9-10H2,1H3. The van der Waals surface area contributed by atoms with Gasteiger partial charge in [0.15, 0.2) is 11.6 Å². The van der Waals surface area contributed by atoms with E-state index >= 15 is 0 Å². The monoisotopic (exact) mass is 752 g/mol. The zero-order chi connectivity index (χ0) is 38.8. The lowest BCUT2D eigenvalue weighted by atomic mass is 10.0. The van der Waals surface area contributed by atoms with Gasteiger partial charge in [0.05, 0.1) is 53.8 Å². The molecule has 0 fully saturated rings. The highest BCUT2D eigenvalue weighted by Crippen LogP contribution is 2.30. The van der Waals surface area contributed by atoms with Gasteiger partial charge in [-0.15, -0.1) is 0 Å². The Balaban J connectivity index is 0.000000208. The molecule has 0 saturated carbocycles. The summed E-state index contributed by atoms with van der Waals surface area (Å²) in [6, 6.07) is 19.5. The first-order chi connectivity index (χ1) is 26.0. The highest BCUT2D eigenvalue weighted by Gasteiger charge is 2.24. The van der Waals surface area contributed by atoms with Crippen LogP contribution in [0.5, 0.6) is 0 Å². The van der Waals surface area contributed by atoms with Crippen molar-refractivity contribution < 1.29 is 24.2 Å². The van der Waals surface area contributed by atoms with Crippen molar-refractivity contribution in [1.82, 2.24) is 29.5 Å². The first kappa shape index (κ1) is 38.8. The number of benzene rings is 2. The maximum atomic E-state index is 14.1. The van der Waals surface area contributed by atoms with Gasteiger partial charge in [0, 0.05) is 35.9 Å². The molecule has 0 spiro atoms. The van der Waals surface area contributed by atoms with Crippen molar-refractivity contribution in [2.45, 2.75) is 26.9 Å². The molecule has 0 unspecified atom stereocenters. The van der Waals surface area contributed by atoms with Crippen LogP contribution in [0.4, 0.5) is 27.1 Å². The summed E-state index contributed by atoms with van der Waals surface area (Å²) < 4.78 is 16.2. The van der Waals surface area contributed by atoms with Crippen LogP contribution in [0.25, 0.3) is 22.5 Å². The molecule has 6 aromatic rings. The maximum Gasteiger partial charge on any atom is 0.291 e. The van der Waals surface area contributed by atoms with Crippen LogP contribution in [0, 0.1) is 5.82 Å². The van der Waals surface area contributed by atoms with E-state index in [1.54, 1.807) is 73.2 Å². The Morgan fingerprint density at radius 2 is 1.13 bits per heavy atom. The normalized spacial score (nSPS) is 10.6. The van der Waals surface area contributed by atoms with E-state index < -0.39 is 22.7 Å². The summed E-state index contributed by atoms with van der Waals surface area (Å²) in [5.41, 5.74) is 1.13. The SMILES string of the molecule is CC(=O)c1c(-c2cccnc2)nn(CCO)c(=O)c1Nc1ccccc1Cl.CC(=O)c1c(-c2cccnc2)nn(CCO)c(=O)c1Nc1ccccc1F. The summed E-state index contributed by atoms with van der Waals surface area (Å²) in [5.74, 6) is -1.31. The molecule has 14 nitrogen and oxygen atoms in total. The van der Waals surface area contributed by atoms with E-state index in [0.717, 1.165) is 9.36 Å². The van der Waals surface area contributed by atoms with E-state index in [2.05, 4.69) is 30.8 Å². The second kappa shape index (κ2) is 17.9. The molecular formula is C38H34ClFN8O6. The number of para-hydroxylation sites is 2. The molecule has 0 aliphatic rings. The Bertz CT molecular complexity index is 2240. The van der Waals surface area contributed by atoms with E-state index in [-0.39, 0.29) is 66.0 Å². The highest BCUT2D eigenvalue weighted by molar-refractivity contribution is 6.33. The van der Waals surface area contributed by atoms with Gasteiger partial charge >= 0.3 is 0 Å². The number of aliphatic hydroxyl groups excluding tert-OH is 2. The molecule has 276 valence electrons. The molecule has 0 bridgehead atoms. The number of nitrogens with one attached hydrogen (secondary N) is 2. The molecule has 4 heterocycles. The average molecular weight is 753 g/mol. The first-order valence-electron chi connectivity index (χ1n) is 16.4. The van der Waals surface area contributed by atoms with Crippen molar-refractivity contribution in [2.24, 2.45) is 0 Å². The van der Waals surface area contributed by atoms with Crippen molar-refractivity contribution in [2.75, 3.05) is 23.8 Å². The van der Waals surface area contributed by atoms with Gasteiger partial charge in [-0.3, -0.25) is 29.1 Å². The molecule has 0 amide bonds. The Morgan fingerprint density at radius 3 is 1.54 bits per heavy atom. The third-order valence-corrected chi connectivity index (χ3v) is 8.11. The zero-order valence-electron chi connectivity index (χ0n) is 29.0. The molecule has 0 atom stereocenters. The van der Waals surface area contributed by atoms with Crippen LogP contribution in [-0.4, -0.2) is 64.5 Å². The summed E-state index contributed by atoms with van der Waals surface area (Å²) in [4.78, 5) is 58.6. The predicted octanol–water partition coefficient (Wildman–Crippen LogP) is 5.28. The Morgan fingerprint density at radius 1 is 0.685 bits per heavy atom. The lowest BCUT2D eigenvalue weighted by Crippen LogP contribution is -2.29. The molecule has 0 aliphatic carbocycles. The van der Waals surface area contributed by atoms with Gasteiger partial charge in [-0.2, -0.15) is 10.2 Å². The van der Waals surface area contributed by atoms with Crippen molar-refractivity contribution in [3.8, 4) is 22.5 Å². The minimum absolute atomic E-state index is 0.0124. The van der Waals surface area contributed by atoms with Crippen molar-refractivity contribution >= 4 is 45.9 Å². The summed E-state index contributed by atoms with van der Waals surface area (Å²) in [6.45, 7) is 1.99. The molecule has 0 saturated heterocycles. The lowest BCUT2D eigenvalue weighted by molar-refractivity contribution is 0.101. The quantitative estimate of drug-likeness (QED) is 0.118. The number of carbonyl (C=O) groups is 2. The molecule has 4 N–H and O–H groups in total. The van der Waals surface area contributed by atoms with Gasteiger partial charge in [-0.05, 0) is 62.4 Å². The fraction of sp³-hybridized carbons (Fsp3) is 0.158. The molecule has 6 rings (SSSR count). The third kappa shape index (κ3) is 8.78. The second-order valence-corrected chi connectivity index (χ2v) is 11.9. The Labute approximate surface area is 312 Å². The van der Waals surface area contributed by atoms with Crippen LogP contribution in [0.1, 0.15) is 34.6 Å². The van der Waals surface area contributed by atoms with E-state index in [9.17, 15) is 33.8 Å². The van der Waals surface area contributed by atoms with Crippen molar-refractivity contribution in [3.05, 3.63) is 140 Å². The molecule has 0 radical (unpaired) electrons. The van der Waals surface area contributed by atoms with Gasteiger partial charge in [-0.25, -0.2) is 13.8 Å². The number of Topliss-reactive ketones (excluding diaryl/α,β-unsaturated/α-hetero) is 2. The number of halogens is 2. The minimum atomic E-state index is -0.634. The van der Waals surface area contributed by atoms with Crippen molar-refractivity contribution in [1.29, 1.82) is 0 Å². The molecule has 2 aromatic carbocycles. The number of aliphatic hydroxyl groups is 2. The largest absolute Gasteiger partial charge is 0.394 e. The number of hydrogen-bond donors (Lipinski definition) is 4. The Hall–Kier alpha value is -6.42. The van der Waals surface area contributed by atoms with Gasteiger partial charge < -0.3 is 20.8 Å². The summed E-state index contributed by atoms with van der Waals surface area (Å²) in [5, 5.41) is 33.2. The van der Waals surface area contributed by atoms with Gasteiger partial charge in [0.1, 0.15) is 28.6 Å². The lowest BCUT2D eigenvalue weighted by Gasteiger charge is -2.16. The number of carbonyl (C=O) groups excluding carboxylic acids is 2. The van der Waals surface area contributed by atoms with Gasteiger partial charge in [0.2, 0.25) is 0 Å². The van der Waals surface area contributed by atoms with Crippen molar-refractivity contribution in [3.63, 3.8) is 0 Å². The average Bonchev–Trinajstić information content (AvgIpc) is 3.17. The second-order valence-electron chi connectivity index (χ2n) is 11.5. The molecule has 54 heavy (non-hydrogen) atoms.